The molecular weight excluding hydrogens is 536 g/mol. The molecule has 0 aliphatic carbocycles. The number of imide groups is 1. The van der Waals surface area contributed by atoms with Crippen molar-refractivity contribution >= 4 is 46.0 Å². The molecule has 10 nitrogen and oxygen atoms in total. The zero-order chi connectivity index (χ0) is 29.6. The second-order valence-corrected chi connectivity index (χ2v) is 9.75. The lowest BCUT2D eigenvalue weighted by Crippen LogP contribution is -2.36. The highest BCUT2D eigenvalue weighted by Gasteiger charge is 2.36. The van der Waals surface area contributed by atoms with Crippen molar-refractivity contribution in [2.75, 3.05) is 18.5 Å². The highest BCUT2D eigenvalue weighted by atomic mass is 16.6. The van der Waals surface area contributed by atoms with Crippen LogP contribution in [0.4, 0.5) is 10.5 Å². The quantitative estimate of drug-likeness (QED) is 0.276. The van der Waals surface area contributed by atoms with Gasteiger partial charge < -0.3 is 15.2 Å². The number of hydrogen-bond donors (Lipinski definition) is 2. The Morgan fingerprint density at radius 3 is 2.48 bits per heavy atom. The first-order chi connectivity index (χ1) is 20.3. The maximum Gasteiger partial charge on any atom is 0.416 e. The van der Waals surface area contributed by atoms with Gasteiger partial charge in [0.2, 0.25) is 5.91 Å². The molecule has 0 spiro atoms. The lowest BCUT2D eigenvalue weighted by atomic mass is 9.85. The van der Waals surface area contributed by atoms with Gasteiger partial charge in [-0.15, -0.1) is 0 Å². The highest BCUT2D eigenvalue weighted by molar-refractivity contribution is 6.10. The number of nitrogens with zero attached hydrogens (tertiary/aromatic N) is 3. The number of amides is 3. The highest BCUT2D eigenvalue weighted by Crippen LogP contribution is 2.34. The molecule has 2 heterocycles. The third kappa shape index (κ3) is 6.02. The summed E-state index contributed by atoms with van der Waals surface area (Å²) >= 11 is 0. The maximum atomic E-state index is 13.3. The minimum Gasteiger partial charge on any atom is -0.480 e. The Hall–Kier alpha value is -5.38. The maximum absolute atomic E-state index is 13.3. The molecule has 0 saturated carbocycles. The number of carbonyl (C=O) groups is 4. The Bertz CT molecular complexity index is 1680. The molecular formula is C32H28N4O6. The van der Waals surface area contributed by atoms with Gasteiger partial charge in [-0.3, -0.25) is 19.6 Å². The molecule has 1 aliphatic heterocycles. The summed E-state index contributed by atoms with van der Waals surface area (Å²) < 4.78 is 4.93. The van der Waals surface area contributed by atoms with E-state index in [-0.39, 0.29) is 25.3 Å². The van der Waals surface area contributed by atoms with E-state index in [9.17, 15) is 24.3 Å². The zero-order valence-corrected chi connectivity index (χ0v) is 22.8. The Labute approximate surface area is 241 Å². The Kier molecular flexibility index (Phi) is 8.33. The molecule has 1 aromatic heterocycles. The van der Waals surface area contributed by atoms with E-state index in [1.54, 1.807) is 61.5 Å². The Morgan fingerprint density at radius 1 is 1.00 bits per heavy atom. The number of benzene rings is 3. The van der Waals surface area contributed by atoms with Crippen LogP contribution in [0.25, 0.3) is 10.8 Å². The Morgan fingerprint density at radius 2 is 1.74 bits per heavy atom. The monoisotopic (exact) mass is 564 g/mol. The summed E-state index contributed by atoms with van der Waals surface area (Å²) in [6.45, 7) is 1.84. The molecule has 1 saturated heterocycles. The molecule has 0 radical (unpaired) electrons. The minimum absolute atomic E-state index is 0.0874. The summed E-state index contributed by atoms with van der Waals surface area (Å²) in [6, 6.07) is 23.5. The van der Waals surface area contributed by atoms with Crippen molar-refractivity contribution in [3.8, 4) is 0 Å². The zero-order valence-electron chi connectivity index (χ0n) is 22.8. The molecule has 2 N–H and O–H groups in total. The largest absolute Gasteiger partial charge is 0.480 e. The third-order valence-corrected chi connectivity index (χ3v) is 7.11. The molecule has 2 atom stereocenters. The molecule has 4 aromatic rings. The lowest BCUT2D eigenvalue weighted by molar-refractivity contribution is -0.139. The summed E-state index contributed by atoms with van der Waals surface area (Å²) in [5, 5.41) is 14.9. The van der Waals surface area contributed by atoms with Gasteiger partial charge in [0.1, 0.15) is 12.3 Å². The summed E-state index contributed by atoms with van der Waals surface area (Å²) in [5.74, 6) is -3.13. The first-order valence-electron chi connectivity index (χ1n) is 13.4. The van der Waals surface area contributed by atoms with E-state index in [0.717, 1.165) is 15.7 Å². The molecule has 5 rings (SSSR count). The smallest absolute Gasteiger partial charge is 0.416 e. The van der Waals surface area contributed by atoms with Gasteiger partial charge in [-0.2, -0.15) is 0 Å². The van der Waals surface area contributed by atoms with Crippen LogP contribution in [-0.2, 0) is 14.3 Å². The molecule has 1 fully saturated rings. The lowest BCUT2D eigenvalue weighted by Gasteiger charge is -2.25. The van der Waals surface area contributed by atoms with Gasteiger partial charge in [0.05, 0.1) is 12.2 Å². The molecule has 1 aliphatic rings. The fourth-order valence-electron chi connectivity index (χ4n) is 5.07. The van der Waals surface area contributed by atoms with E-state index < -0.39 is 35.8 Å². The number of carbonyl (C=O) groups excluding carboxylic acids is 3. The fraction of sp³-hybridized carbons (Fsp3) is 0.188. The molecule has 0 bridgehead atoms. The first kappa shape index (κ1) is 28.2. The van der Waals surface area contributed by atoms with Crippen molar-refractivity contribution < 1.29 is 29.0 Å². The number of carboxylic acid groups (broad SMARTS) is 1. The molecule has 0 unspecified atom stereocenters. The number of fused-ring (bicyclic) bond motifs is 1. The van der Waals surface area contributed by atoms with Crippen LogP contribution in [0, 0.1) is 0 Å². The predicted molar refractivity (Wildman–Crippen MR) is 157 cm³/mol. The van der Waals surface area contributed by atoms with Crippen molar-refractivity contribution in [3.63, 3.8) is 0 Å². The number of pyridine rings is 1. The number of nitrogens with one attached hydrogen (secondary N) is 1. The molecule has 10 heteroatoms. The molecule has 3 amide bonds. The number of anilines is 1. The second kappa shape index (κ2) is 12.4. The van der Waals surface area contributed by atoms with E-state index in [4.69, 9.17) is 4.74 Å². The third-order valence-electron chi connectivity index (χ3n) is 7.11. The Balaban J connectivity index is 1.55. The van der Waals surface area contributed by atoms with Gasteiger partial charge in [0.15, 0.2) is 6.04 Å². The predicted octanol–water partition coefficient (Wildman–Crippen LogP) is 4.90. The fourth-order valence-corrected chi connectivity index (χ4v) is 5.07. The molecule has 42 heavy (non-hydrogen) atoms. The number of carboxylic acids is 1. The first-order valence-corrected chi connectivity index (χ1v) is 13.4. The minimum atomic E-state index is -1.39. The average Bonchev–Trinajstić information content (AvgIpc) is 3.45. The SMILES string of the molecule is CC(=N[C@H](C(=O)O)[C@@H](CC(=O)N1CCOC1=O)c1cccc2ccccc12)c1ccccc1NC(=O)c1ccccn1. The van der Waals surface area contributed by atoms with E-state index in [0.29, 0.717) is 22.5 Å². The van der Waals surface area contributed by atoms with Gasteiger partial charge in [-0.25, -0.2) is 14.5 Å². The van der Waals surface area contributed by atoms with E-state index in [1.165, 1.54) is 6.20 Å². The number of cyclic esters (lactones) is 1. The van der Waals surface area contributed by atoms with Crippen LogP contribution < -0.4 is 5.32 Å². The van der Waals surface area contributed by atoms with E-state index >= 15 is 0 Å². The van der Waals surface area contributed by atoms with Gasteiger partial charge in [-0.1, -0.05) is 66.7 Å². The van der Waals surface area contributed by atoms with Crippen LogP contribution in [0.15, 0.2) is 96.1 Å². The number of para-hydroxylation sites is 1. The summed E-state index contributed by atoms with van der Waals surface area (Å²) in [6.07, 6.45) is 0.483. The van der Waals surface area contributed by atoms with Crippen molar-refractivity contribution in [2.45, 2.75) is 25.3 Å². The molecule has 3 aromatic carbocycles. The normalized spacial score (nSPS) is 14.7. The van der Waals surface area contributed by atoms with Crippen molar-refractivity contribution in [3.05, 3.63) is 108 Å². The van der Waals surface area contributed by atoms with Crippen molar-refractivity contribution in [1.82, 2.24) is 9.88 Å². The number of rotatable bonds is 9. The number of aliphatic imine (C=N–C) groups is 1. The van der Waals surface area contributed by atoms with Crippen LogP contribution in [0.2, 0.25) is 0 Å². The van der Waals surface area contributed by atoms with Gasteiger partial charge in [0.25, 0.3) is 5.91 Å². The topological polar surface area (TPSA) is 138 Å². The van der Waals surface area contributed by atoms with Crippen LogP contribution in [0.5, 0.6) is 0 Å². The summed E-state index contributed by atoms with van der Waals surface area (Å²) in [7, 11) is 0. The van der Waals surface area contributed by atoms with Crippen molar-refractivity contribution in [1.29, 1.82) is 0 Å². The van der Waals surface area contributed by atoms with Gasteiger partial charge in [0, 0.05) is 29.8 Å². The van der Waals surface area contributed by atoms with Gasteiger partial charge in [-0.05, 0) is 41.5 Å². The number of aromatic nitrogens is 1. The average molecular weight is 565 g/mol. The summed E-state index contributed by atoms with van der Waals surface area (Å²) in [5.41, 5.74) is 2.13. The number of hydrogen-bond acceptors (Lipinski definition) is 7. The molecule has 212 valence electrons. The standard InChI is InChI=1S/C32H28N4O6/c1-20(22-11-4-5-14-26(22)35-30(38)27-15-6-7-16-33-27)34-29(31(39)40)25(19-28(37)36-17-18-42-32(36)41)24-13-8-10-21-9-2-3-12-23(21)24/h2-16,25,29H,17-19H2,1H3,(H,35,38)(H,39,40)/t25-,29-/m0/s1. The van der Waals surface area contributed by atoms with Crippen LogP contribution in [-0.4, -0.2) is 63.8 Å². The number of ether oxygens (including phenoxy) is 1. The van der Waals surface area contributed by atoms with Gasteiger partial charge >= 0.3 is 12.1 Å². The van der Waals surface area contributed by atoms with Crippen LogP contribution in [0.3, 0.4) is 0 Å². The van der Waals surface area contributed by atoms with Crippen molar-refractivity contribution in [2.24, 2.45) is 4.99 Å². The summed E-state index contributed by atoms with van der Waals surface area (Å²) in [4.78, 5) is 60.8. The van der Waals surface area contributed by atoms with Crippen LogP contribution in [0.1, 0.15) is 40.9 Å². The second-order valence-electron chi connectivity index (χ2n) is 9.75. The number of aliphatic carboxylic acids is 1. The van der Waals surface area contributed by atoms with Crippen LogP contribution >= 0.6 is 0 Å². The van der Waals surface area contributed by atoms with E-state index in [2.05, 4.69) is 15.3 Å². The van der Waals surface area contributed by atoms with E-state index in [1.807, 2.05) is 30.3 Å².